The van der Waals surface area contributed by atoms with Crippen LogP contribution in [0.25, 0.3) is 0 Å². The molecule has 18 heavy (non-hydrogen) atoms. The molecule has 0 amide bonds. The van der Waals surface area contributed by atoms with Crippen LogP contribution in [0, 0.1) is 11.3 Å². The van der Waals surface area contributed by atoms with Gasteiger partial charge in [0, 0.05) is 12.0 Å². The average Bonchev–Trinajstić information content (AvgIpc) is 2.80. The maximum absolute atomic E-state index is 2.60. The fourth-order valence-corrected chi connectivity index (χ4v) is 3.53. The van der Waals surface area contributed by atoms with Gasteiger partial charge in [0.2, 0.25) is 0 Å². The molecule has 0 aromatic carbocycles. The predicted octanol–water partition coefficient (Wildman–Crippen LogP) is 4.41. The van der Waals surface area contributed by atoms with Gasteiger partial charge in [0.1, 0.15) is 0 Å². The van der Waals surface area contributed by atoms with Gasteiger partial charge in [0.05, 0.1) is 0 Å². The summed E-state index contributed by atoms with van der Waals surface area (Å²) in [4.78, 5) is 2.60. The Morgan fingerprint density at radius 2 is 2.00 bits per heavy atom. The summed E-state index contributed by atoms with van der Waals surface area (Å²) in [5.74, 6) is 0.635. The Morgan fingerprint density at radius 3 is 2.61 bits per heavy atom. The number of likely N-dealkylation sites (tertiary alicyclic amines) is 1. The summed E-state index contributed by atoms with van der Waals surface area (Å²) in [6.45, 7) is 12.0. The minimum atomic E-state index is 0.431. The van der Waals surface area contributed by atoms with Gasteiger partial charge in [-0.15, -0.1) is 0 Å². The molecule has 2 unspecified atom stereocenters. The number of allylic oxidation sites excluding steroid dienone is 3. The third-order valence-corrected chi connectivity index (χ3v) is 4.89. The van der Waals surface area contributed by atoms with Crippen molar-refractivity contribution in [1.29, 1.82) is 0 Å². The molecule has 102 valence electrons. The number of rotatable bonds is 3. The van der Waals surface area contributed by atoms with Gasteiger partial charge in [-0.05, 0) is 58.0 Å². The highest BCUT2D eigenvalue weighted by Gasteiger charge is 2.31. The minimum absolute atomic E-state index is 0.431. The van der Waals surface area contributed by atoms with Crippen LogP contribution in [0.4, 0.5) is 0 Å². The summed E-state index contributed by atoms with van der Waals surface area (Å²) in [7, 11) is 0. The summed E-state index contributed by atoms with van der Waals surface area (Å²) < 4.78 is 0. The van der Waals surface area contributed by atoms with Crippen LogP contribution in [-0.4, -0.2) is 24.0 Å². The highest BCUT2D eigenvalue weighted by atomic mass is 15.2. The Hall–Kier alpha value is -0.560. The zero-order valence-corrected chi connectivity index (χ0v) is 12.6. The van der Waals surface area contributed by atoms with E-state index in [2.05, 4.69) is 50.8 Å². The first-order valence-corrected chi connectivity index (χ1v) is 7.60. The zero-order chi connectivity index (χ0) is 13.2. The molecule has 0 radical (unpaired) electrons. The summed E-state index contributed by atoms with van der Waals surface area (Å²) in [5.41, 5.74) is 2.00. The van der Waals surface area contributed by atoms with Gasteiger partial charge in [-0.25, -0.2) is 0 Å². The quantitative estimate of drug-likeness (QED) is 0.668. The topological polar surface area (TPSA) is 3.24 Å². The van der Waals surface area contributed by atoms with E-state index in [0.717, 1.165) is 0 Å². The monoisotopic (exact) mass is 247 g/mol. The molecule has 2 atom stereocenters. The van der Waals surface area contributed by atoms with E-state index in [9.17, 15) is 0 Å². The molecule has 0 spiro atoms. The molecule has 1 aliphatic carbocycles. The summed E-state index contributed by atoms with van der Waals surface area (Å²) >= 11 is 0. The predicted molar refractivity (Wildman–Crippen MR) is 79.7 cm³/mol. The summed E-state index contributed by atoms with van der Waals surface area (Å²) in [5, 5.41) is 0. The smallest absolute Gasteiger partial charge is 0.0250 e. The lowest BCUT2D eigenvalue weighted by molar-refractivity contribution is 0.252. The fourth-order valence-electron chi connectivity index (χ4n) is 3.53. The zero-order valence-electron chi connectivity index (χ0n) is 12.6. The van der Waals surface area contributed by atoms with Crippen LogP contribution >= 0.6 is 0 Å². The van der Waals surface area contributed by atoms with Crippen molar-refractivity contribution in [2.75, 3.05) is 13.1 Å². The van der Waals surface area contributed by atoms with E-state index in [1.165, 1.54) is 38.8 Å². The molecule has 2 rings (SSSR count). The fraction of sp³-hybridized carbons (Fsp3) is 0.765. The molecule has 1 aliphatic heterocycles. The second-order valence-electron chi connectivity index (χ2n) is 6.82. The molecule has 0 aromatic heterocycles. The molecule has 1 heteroatoms. The van der Waals surface area contributed by atoms with Crippen molar-refractivity contribution in [3.05, 3.63) is 23.8 Å². The van der Waals surface area contributed by atoms with E-state index in [-0.39, 0.29) is 0 Å². The molecular formula is C17H29N. The molecule has 0 saturated carbocycles. The van der Waals surface area contributed by atoms with Crippen LogP contribution in [0.2, 0.25) is 0 Å². The van der Waals surface area contributed by atoms with Gasteiger partial charge >= 0.3 is 0 Å². The molecule has 0 aromatic rings. The molecule has 1 fully saturated rings. The molecule has 0 bridgehead atoms. The van der Waals surface area contributed by atoms with E-state index in [1.807, 2.05) is 0 Å². The molecule has 1 heterocycles. The van der Waals surface area contributed by atoms with Crippen molar-refractivity contribution in [2.45, 2.75) is 59.4 Å². The first kappa shape index (κ1) is 13.9. The van der Waals surface area contributed by atoms with Crippen LogP contribution < -0.4 is 0 Å². The van der Waals surface area contributed by atoms with Crippen molar-refractivity contribution < 1.29 is 0 Å². The Morgan fingerprint density at radius 1 is 1.33 bits per heavy atom. The van der Waals surface area contributed by atoms with Crippen LogP contribution in [-0.2, 0) is 0 Å². The lowest BCUT2D eigenvalue weighted by atomic mass is 9.68. The standard InChI is InChI=1S/C17H29N/c1-14-8-7-11-17(3,4)16(14)10-9-15(2)18-12-5-6-13-18/h8-10,15-16H,5-7,11-13H2,1-4H3. The van der Waals surface area contributed by atoms with Gasteiger partial charge in [-0.3, -0.25) is 4.90 Å². The first-order valence-electron chi connectivity index (χ1n) is 7.60. The Labute approximate surface area is 113 Å². The molecule has 0 N–H and O–H groups in total. The largest absolute Gasteiger partial charge is 0.297 e. The lowest BCUT2D eigenvalue weighted by Crippen LogP contribution is -2.30. The number of hydrogen-bond acceptors (Lipinski definition) is 1. The van der Waals surface area contributed by atoms with Crippen molar-refractivity contribution in [3.63, 3.8) is 0 Å². The maximum Gasteiger partial charge on any atom is 0.0250 e. The van der Waals surface area contributed by atoms with Crippen LogP contribution in [0.1, 0.15) is 53.4 Å². The minimum Gasteiger partial charge on any atom is -0.297 e. The number of hydrogen-bond donors (Lipinski definition) is 0. The highest BCUT2D eigenvalue weighted by Crippen LogP contribution is 2.41. The van der Waals surface area contributed by atoms with Gasteiger partial charge < -0.3 is 0 Å². The van der Waals surface area contributed by atoms with Crippen LogP contribution in [0.3, 0.4) is 0 Å². The van der Waals surface area contributed by atoms with E-state index in [4.69, 9.17) is 0 Å². The second-order valence-corrected chi connectivity index (χ2v) is 6.82. The van der Waals surface area contributed by atoms with E-state index < -0.39 is 0 Å². The second kappa shape index (κ2) is 5.61. The summed E-state index contributed by atoms with van der Waals surface area (Å²) in [6.07, 6.45) is 12.7. The SMILES string of the molecule is CC1=CCCC(C)(C)C1C=CC(C)N1CCCC1. The molecule has 2 aliphatic rings. The Balaban J connectivity index is 2.02. The van der Waals surface area contributed by atoms with Crippen LogP contribution in [0.5, 0.6) is 0 Å². The maximum atomic E-state index is 2.60. The third kappa shape index (κ3) is 3.06. The van der Waals surface area contributed by atoms with Gasteiger partial charge in [0.15, 0.2) is 0 Å². The molecule has 1 nitrogen and oxygen atoms in total. The number of nitrogens with zero attached hydrogens (tertiary/aromatic N) is 1. The van der Waals surface area contributed by atoms with E-state index in [0.29, 0.717) is 17.4 Å². The van der Waals surface area contributed by atoms with Crippen LogP contribution in [0.15, 0.2) is 23.8 Å². The molecule has 1 saturated heterocycles. The van der Waals surface area contributed by atoms with E-state index in [1.54, 1.807) is 5.57 Å². The summed E-state index contributed by atoms with van der Waals surface area (Å²) in [6, 6.07) is 0.609. The van der Waals surface area contributed by atoms with Gasteiger partial charge in [-0.1, -0.05) is 37.6 Å². The normalized spacial score (nSPS) is 30.7. The Kier molecular flexibility index (Phi) is 4.32. The third-order valence-electron chi connectivity index (χ3n) is 4.89. The first-order chi connectivity index (χ1) is 8.50. The van der Waals surface area contributed by atoms with Crippen molar-refractivity contribution >= 4 is 0 Å². The Bertz CT molecular complexity index is 332. The average molecular weight is 247 g/mol. The molecular weight excluding hydrogens is 218 g/mol. The lowest BCUT2D eigenvalue weighted by Gasteiger charge is -2.37. The van der Waals surface area contributed by atoms with Crippen molar-refractivity contribution in [2.24, 2.45) is 11.3 Å². The highest BCUT2D eigenvalue weighted by molar-refractivity contribution is 5.19. The van der Waals surface area contributed by atoms with Gasteiger partial charge in [0.25, 0.3) is 0 Å². The van der Waals surface area contributed by atoms with Crippen molar-refractivity contribution in [1.82, 2.24) is 4.90 Å². The van der Waals surface area contributed by atoms with Crippen molar-refractivity contribution in [3.8, 4) is 0 Å². The van der Waals surface area contributed by atoms with Gasteiger partial charge in [-0.2, -0.15) is 0 Å². The van der Waals surface area contributed by atoms with E-state index >= 15 is 0 Å².